The minimum Gasteiger partial charge on any atom is -0.319 e. The highest BCUT2D eigenvalue weighted by Gasteiger charge is 2.43. The molecule has 0 radical (unpaired) electrons. The summed E-state index contributed by atoms with van der Waals surface area (Å²) in [5, 5.41) is 20.3. The standard InChI is InChI=1S/C9H9N3OS/c1-9(2)5(3-10)7(13)12-8(14)6(9)4-11/h5,14H,1-2H3,(H,12,13)/t5-/m0/s1. The Balaban J connectivity index is 3.33. The first kappa shape index (κ1) is 10.6. The largest absolute Gasteiger partial charge is 0.319 e. The Labute approximate surface area is 87.6 Å². The fourth-order valence-electron chi connectivity index (χ4n) is 1.45. The van der Waals surface area contributed by atoms with Gasteiger partial charge in [0.05, 0.1) is 22.7 Å². The summed E-state index contributed by atoms with van der Waals surface area (Å²) in [5.41, 5.74) is -0.435. The molecule has 1 N–H and O–H groups in total. The van der Waals surface area contributed by atoms with Crippen LogP contribution in [0.3, 0.4) is 0 Å². The van der Waals surface area contributed by atoms with Crippen molar-refractivity contribution in [3.8, 4) is 12.1 Å². The summed E-state index contributed by atoms with van der Waals surface area (Å²) < 4.78 is 0. The first-order valence-electron chi connectivity index (χ1n) is 3.99. The number of hydrogen-bond donors (Lipinski definition) is 2. The van der Waals surface area contributed by atoms with Gasteiger partial charge in [0.2, 0.25) is 5.91 Å². The molecule has 0 aromatic rings. The lowest BCUT2D eigenvalue weighted by Gasteiger charge is -2.33. The molecule has 0 fully saturated rings. The molecule has 1 aliphatic rings. The number of nitrogens with zero attached hydrogens (tertiary/aromatic N) is 2. The van der Waals surface area contributed by atoms with Gasteiger partial charge in [-0.05, 0) is 0 Å². The fraction of sp³-hybridized carbons (Fsp3) is 0.444. The van der Waals surface area contributed by atoms with Crippen molar-refractivity contribution in [2.75, 3.05) is 0 Å². The summed E-state index contributed by atoms with van der Waals surface area (Å²) in [6, 6.07) is 3.86. The Kier molecular flexibility index (Phi) is 2.55. The minimum absolute atomic E-state index is 0.244. The highest BCUT2D eigenvalue weighted by Crippen LogP contribution is 2.39. The average Bonchev–Trinajstić information content (AvgIpc) is 2.02. The predicted octanol–water partition coefficient (Wildman–Crippen LogP) is 0.947. The van der Waals surface area contributed by atoms with E-state index in [1.807, 2.05) is 12.1 Å². The van der Waals surface area contributed by atoms with Gasteiger partial charge < -0.3 is 5.32 Å². The highest BCUT2D eigenvalue weighted by molar-refractivity contribution is 7.84. The number of carbonyl (C=O) groups excluding carboxylic acids is 1. The summed E-state index contributed by atoms with van der Waals surface area (Å²) in [6.45, 7) is 3.38. The first-order valence-corrected chi connectivity index (χ1v) is 4.44. The van der Waals surface area contributed by atoms with Crippen LogP contribution in [-0.2, 0) is 4.79 Å². The molecule has 0 unspecified atom stereocenters. The molecule has 0 spiro atoms. The van der Waals surface area contributed by atoms with Crippen molar-refractivity contribution in [3.05, 3.63) is 10.6 Å². The van der Waals surface area contributed by atoms with Crippen LogP contribution in [0.2, 0.25) is 0 Å². The molecule has 0 saturated heterocycles. The van der Waals surface area contributed by atoms with Gasteiger partial charge in [0.15, 0.2) is 0 Å². The van der Waals surface area contributed by atoms with Gasteiger partial charge in [0.25, 0.3) is 0 Å². The zero-order valence-electron chi connectivity index (χ0n) is 7.83. The molecular weight excluding hydrogens is 198 g/mol. The van der Waals surface area contributed by atoms with Crippen LogP contribution < -0.4 is 5.32 Å². The third-order valence-electron chi connectivity index (χ3n) is 2.35. The van der Waals surface area contributed by atoms with Crippen molar-refractivity contribution in [2.24, 2.45) is 11.3 Å². The molecule has 0 saturated carbocycles. The Hall–Kier alpha value is -1.46. The number of amides is 1. The van der Waals surface area contributed by atoms with Crippen LogP contribution in [0.15, 0.2) is 10.6 Å². The Morgan fingerprint density at radius 3 is 2.50 bits per heavy atom. The molecule has 1 rings (SSSR count). The summed E-state index contributed by atoms with van der Waals surface area (Å²) in [6.07, 6.45) is 0. The van der Waals surface area contributed by atoms with Crippen LogP contribution in [0.25, 0.3) is 0 Å². The van der Waals surface area contributed by atoms with E-state index >= 15 is 0 Å². The number of allylic oxidation sites excluding steroid dienone is 1. The van der Waals surface area contributed by atoms with Crippen LogP contribution in [0.1, 0.15) is 13.8 Å². The molecule has 1 heterocycles. The maximum absolute atomic E-state index is 11.4. The number of rotatable bonds is 0. The third-order valence-corrected chi connectivity index (χ3v) is 2.68. The van der Waals surface area contributed by atoms with Crippen molar-refractivity contribution >= 4 is 18.5 Å². The van der Waals surface area contributed by atoms with Crippen LogP contribution in [0.5, 0.6) is 0 Å². The van der Waals surface area contributed by atoms with Gasteiger partial charge in [0.1, 0.15) is 5.92 Å². The first-order chi connectivity index (χ1) is 6.45. The fourth-order valence-corrected chi connectivity index (χ4v) is 1.89. The van der Waals surface area contributed by atoms with Crippen molar-refractivity contribution in [3.63, 3.8) is 0 Å². The molecule has 0 aromatic carbocycles. The third kappa shape index (κ3) is 1.36. The number of hydrogen-bond acceptors (Lipinski definition) is 4. The lowest BCUT2D eigenvalue weighted by Crippen LogP contribution is -2.44. The second kappa shape index (κ2) is 3.36. The topological polar surface area (TPSA) is 76.7 Å². The van der Waals surface area contributed by atoms with Gasteiger partial charge in [-0.3, -0.25) is 4.79 Å². The van der Waals surface area contributed by atoms with E-state index in [1.165, 1.54) is 0 Å². The highest BCUT2D eigenvalue weighted by atomic mass is 32.1. The molecule has 1 amide bonds. The lowest BCUT2D eigenvalue weighted by molar-refractivity contribution is -0.125. The molecule has 14 heavy (non-hydrogen) atoms. The van der Waals surface area contributed by atoms with Gasteiger partial charge in [-0.15, -0.1) is 12.6 Å². The van der Waals surface area contributed by atoms with Gasteiger partial charge in [-0.2, -0.15) is 10.5 Å². The molecule has 1 atom stereocenters. The van der Waals surface area contributed by atoms with Gasteiger partial charge in [-0.25, -0.2) is 0 Å². The molecule has 72 valence electrons. The predicted molar refractivity (Wildman–Crippen MR) is 52.7 cm³/mol. The summed E-state index contributed by atoms with van der Waals surface area (Å²) >= 11 is 4.00. The van der Waals surface area contributed by atoms with E-state index in [1.54, 1.807) is 13.8 Å². The Bertz CT molecular complexity index is 397. The number of nitrogens with one attached hydrogen (secondary N) is 1. The van der Waals surface area contributed by atoms with Gasteiger partial charge in [-0.1, -0.05) is 13.8 Å². The van der Waals surface area contributed by atoms with Gasteiger partial charge >= 0.3 is 0 Å². The summed E-state index contributed by atoms with van der Waals surface area (Å²) in [4.78, 5) is 11.4. The van der Waals surface area contributed by atoms with E-state index in [0.717, 1.165) is 0 Å². The van der Waals surface area contributed by atoms with E-state index in [2.05, 4.69) is 17.9 Å². The zero-order chi connectivity index (χ0) is 10.9. The molecule has 1 aliphatic heterocycles. The number of thiol groups is 1. The van der Waals surface area contributed by atoms with Gasteiger partial charge in [0, 0.05) is 5.41 Å². The van der Waals surface area contributed by atoms with E-state index < -0.39 is 17.2 Å². The minimum atomic E-state index is -0.840. The Morgan fingerprint density at radius 1 is 1.50 bits per heavy atom. The van der Waals surface area contributed by atoms with E-state index in [9.17, 15) is 4.79 Å². The quantitative estimate of drug-likeness (QED) is 0.580. The van der Waals surface area contributed by atoms with Crippen LogP contribution in [0.4, 0.5) is 0 Å². The maximum Gasteiger partial charge on any atom is 0.243 e. The monoisotopic (exact) mass is 207 g/mol. The van der Waals surface area contributed by atoms with Crippen LogP contribution in [0, 0.1) is 34.0 Å². The molecule has 4 nitrogen and oxygen atoms in total. The maximum atomic E-state index is 11.4. The second-order valence-electron chi connectivity index (χ2n) is 3.61. The molecule has 0 aliphatic carbocycles. The van der Waals surface area contributed by atoms with Crippen molar-refractivity contribution in [1.29, 1.82) is 10.5 Å². The number of carbonyl (C=O) groups is 1. The molecule has 0 aromatic heterocycles. The second-order valence-corrected chi connectivity index (χ2v) is 4.06. The zero-order valence-corrected chi connectivity index (χ0v) is 8.72. The normalized spacial score (nSPS) is 24.9. The molecular formula is C9H9N3OS. The molecule has 5 heteroatoms. The Morgan fingerprint density at radius 2 is 2.07 bits per heavy atom. The summed E-state index contributed by atoms with van der Waals surface area (Å²) in [5.74, 6) is -1.24. The molecule has 0 bridgehead atoms. The van der Waals surface area contributed by atoms with E-state index in [-0.39, 0.29) is 5.03 Å². The van der Waals surface area contributed by atoms with Crippen molar-refractivity contribution in [1.82, 2.24) is 5.32 Å². The lowest BCUT2D eigenvalue weighted by atomic mass is 9.72. The van der Waals surface area contributed by atoms with Crippen molar-refractivity contribution in [2.45, 2.75) is 13.8 Å². The SMILES string of the molecule is CC1(C)C(C#N)=C(S)NC(=O)[C@@H]1C#N. The van der Waals surface area contributed by atoms with Crippen LogP contribution in [-0.4, -0.2) is 5.91 Å². The number of nitriles is 2. The van der Waals surface area contributed by atoms with Crippen LogP contribution >= 0.6 is 12.6 Å². The van der Waals surface area contributed by atoms with Crippen molar-refractivity contribution < 1.29 is 4.79 Å². The smallest absolute Gasteiger partial charge is 0.243 e. The van der Waals surface area contributed by atoms with E-state index in [4.69, 9.17) is 10.5 Å². The summed E-state index contributed by atoms with van der Waals surface area (Å²) in [7, 11) is 0. The average molecular weight is 207 g/mol. The van der Waals surface area contributed by atoms with E-state index in [0.29, 0.717) is 5.57 Å².